The Morgan fingerprint density at radius 2 is 1.06 bits per heavy atom. The van der Waals surface area contributed by atoms with Crippen LogP contribution in [0.2, 0.25) is 0 Å². The summed E-state index contributed by atoms with van der Waals surface area (Å²) >= 11 is 0. The third-order valence-corrected chi connectivity index (χ3v) is 2.88. The fourth-order valence-corrected chi connectivity index (χ4v) is 1.94. The van der Waals surface area contributed by atoms with E-state index in [0.717, 1.165) is 0 Å². The van der Waals surface area contributed by atoms with Crippen molar-refractivity contribution in [2.24, 2.45) is 0 Å². The van der Waals surface area contributed by atoms with E-state index in [9.17, 15) is 4.57 Å². The van der Waals surface area contributed by atoms with Crippen LogP contribution < -0.4 is 9.05 Å². The van der Waals surface area contributed by atoms with Gasteiger partial charge in [-0.2, -0.15) is 0 Å². The molecular weight excluding hydrogens is 255 g/mol. The minimum absolute atomic E-state index is 0.0986. The Morgan fingerprint density at radius 3 is 1.39 bits per heavy atom. The monoisotopic (exact) mass is 266 g/mol. The molecule has 2 rings (SSSR count). The SMILES string of the molecule is O=[PH](Oc1ccc(O)cc1)Oc1ccc(O)cc1. The first-order valence-electron chi connectivity index (χ1n) is 5.11. The van der Waals surface area contributed by atoms with E-state index in [2.05, 4.69) is 0 Å². The number of rotatable bonds is 4. The quantitative estimate of drug-likeness (QED) is 0.832. The molecule has 0 radical (unpaired) electrons. The average molecular weight is 266 g/mol. The van der Waals surface area contributed by atoms with Crippen LogP contribution in [0.15, 0.2) is 48.5 Å². The zero-order valence-electron chi connectivity index (χ0n) is 9.24. The topological polar surface area (TPSA) is 76.0 Å². The maximum Gasteiger partial charge on any atom is 0.418 e. The van der Waals surface area contributed by atoms with E-state index in [0.29, 0.717) is 11.5 Å². The van der Waals surface area contributed by atoms with Gasteiger partial charge in [-0.25, -0.2) is 4.57 Å². The van der Waals surface area contributed by atoms with Crippen LogP contribution in [0.4, 0.5) is 0 Å². The number of benzene rings is 2. The zero-order valence-corrected chi connectivity index (χ0v) is 10.2. The van der Waals surface area contributed by atoms with Gasteiger partial charge in [-0.1, -0.05) is 0 Å². The van der Waals surface area contributed by atoms with Crippen molar-refractivity contribution in [2.75, 3.05) is 0 Å². The summed E-state index contributed by atoms with van der Waals surface area (Å²) in [7, 11) is -2.73. The predicted octanol–water partition coefficient (Wildman–Crippen LogP) is 2.95. The van der Waals surface area contributed by atoms with Crippen molar-refractivity contribution in [3.8, 4) is 23.0 Å². The second kappa shape index (κ2) is 5.47. The summed E-state index contributed by atoms with van der Waals surface area (Å²) in [5.41, 5.74) is 0. The molecule has 0 aliphatic carbocycles. The summed E-state index contributed by atoms with van der Waals surface area (Å²) in [6.07, 6.45) is 0. The lowest BCUT2D eigenvalue weighted by atomic mass is 10.3. The van der Waals surface area contributed by atoms with Gasteiger partial charge in [0.1, 0.15) is 23.0 Å². The predicted molar refractivity (Wildman–Crippen MR) is 66.5 cm³/mol. The van der Waals surface area contributed by atoms with Gasteiger partial charge >= 0.3 is 8.25 Å². The summed E-state index contributed by atoms with van der Waals surface area (Å²) in [6.45, 7) is 0. The van der Waals surface area contributed by atoms with E-state index < -0.39 is 8.25 Å². The average Bonchev–Trinajstić information content (AvgIpc) is 2.35. The highest BCUT2D eigenvalue weighted by atomic mass is 31.1. The lowest BCUT2D eigenvalue weighted by Crippen LogP contribution is -1.88. The highest BCUT2D eigenvalue weighted by Crippen LogP contribution is 2.31. The van der Waals surface area contributed by atoms with E-state index in [-0.39, 0.29) is 11.5 Å². The molecular formula is C12H11O5P. The number of phenolic OH excluding ortho intramolecular Hbond substituents is 2. The zero-order chi connectivity index (χ0) is 13.0. The number of hydrogen-bond acceptors (Lipinski definition) is 5. The van der Waals surface area contributed by atoms with E-state index in [1.54, 1.807) is 0 Å². The maximum atomic E-state index is 11.6. The summed E-state index contributed by atoms with van der Waals surface area (Å²) in [5, 5.41) is 18.1. The molecule has 0 fully saturated rings. The minimum Gasteiger partial charge on any atom is -0.508 e. The van der Waals surface area contributed by atoms with Crippen LogP contribution >= 0.6 is 8.25 Å². The molecule has 0 spiro atoms. The summed E-state index contributed by atoms with van der Waals surface area (Å²) in [5.74, 6) is 0.883. The Labute approximate surface area is 104 Å². The van der Waals surface area contributed by atoms with Gasteiger partial charge in [-0.3, -0.25) is 0 Å². The highest BCUT2D eigenvalue weighted by molar-refractivity contribution is 7.34. The molecule has 0 amide bonds. The van der Waals surface area contributed by atoms with E-state index in [1.807, 2.05) is 0 Å². The van der Waals surface area contributed by atoms with Crippen LogP contribution in [0.25, 0.3) is 0 Å². The van der Waals surface area contributed by atoms with Crippen LogP contribution in [-0.4, -0.2) is 10.2 Å². The van der Waals surface area contributed by atoms with Crippen LogP contribution in [0, 0.1) is 0 Å². The molecule has 0 aromatic heterocycles. The second-order valence-electron chi connectivity index (χ2n) is 3.44. The molecule has 5 nitrogen and oxygen atoms in total. The first-order valence-corrected chi connectivity index (χ1v) is 6.34. The minimum atomic E-state index is -2.73. The Bertz CT molecular complexity index is 486. The van der Waals surface area contributed by atoms with Crippen LogP contribution in [0.5, 0.6) is 23.0 Å². The van der Waals surface area contributed by atoms with Gasteiger partial charge in [0, 0.05) is 0 Å². The maximum absolute atomic E-state index is 11.6. The van der Waals surface area contributed by atoms with Gasteiger partial charge in [0.15, 0.2) is 0 Å². The Balaban J connectivity index is 1.96. The lowest BCUT2D eigenvalue weighted by molar-refractivity contribution is 0.413. The van der Waals surface area contributed by atoms with Crippen LogP contribution in [-0.2, 0) is 4.57 Å². The normalized spacial score (nSPS) is 10.3. The molecule has 0 aliphatic heterocycles. The molecule has 0 saturated heterocycles. The number of phenols is 2. The fourth-order valence-electron chi connectivity index (χ4n) is 1.24. The van der Waals surface area contributed by atoms with Gasteiger partial charge < -0.3 is 19.3 Å². The van der Waals surface area contributed by atoms with Gasteiger partial charge in [-0.15, -0.1) is 0 Å². The molecule has 6 heteroatoms. The van der Waals surface area contributed by atoms with Crippen molar-refractivity contribution in [1.82, 2.24) is 0 Å². The van der Waals surface area contributed by atoms with Crippen LogP contribution in [0.3, 0.4) is 0 Å². The van der Waals surface area contributed by atoms with Gasteiger partial charge in [0.2, 0.25) is 0 Å². The number of hydrogen-bond donors (Lipinski definition) is 2. The van der Waals surface area contributed by atoms with E-state index >= 15 is 0 Å². The lowest BCUT2D eigenvalue weighted by Gasteiger charge is -2.07. The molecule has 2 N–H and O–H groups in total. The third-order valence-electron chi connectivity index (χ3n) is 2.08. The van der Waals surface area contributed by atoms with Crippen molar-refractivity contribution in [1.29, 1.82) is 0 Å². The standard InChI is InChI=1S/C12H11O5P/c13-9-1-5-11(6-2-9)16-18(15)17-12-7-3-10(14)4-8-12/h1-8,13-14,18H. The highest BCUT2D eigenvalue weighted by Gasteiger charge is 2.04. The molecule has 2 aromatic carbocycles. The van der Waals surface area contributed by atoms with Crippen molar-refractivity contribution in [3.05, 3.63) is 48.5 Å². The van der Waals surface area contributed by atoms with Gasteiger partial charge in [-0.05, 0) is 48.5 Å². The molecule has 94 valence electrons. The molecule has 0 unspecified atom stereocenters. The first-order chi connectivity index (χ1) is 8.63. The smallest absolute Gasteiger partial charge is 0.418 e. The summed E-state index contributed by atoms with van der Waals surface area (Å²) in [6, 6.07) is 11.6. The Kier molecular flexibility index (Phi) is 3.75. The molecule has 0 aliphatic rings. The second-order valence-corrected chi connectivity index (χ2v) is 4.35. The molecule has 0 heterocycles. The number of aromatic hydroxyl groups is 2. The van der Waals surface area contributed by atoms with Crippen LogP contribution in [0.1, 0.15) is 0 Å². The van der Waals surface area contributed by atoms with Gasteiger partial charge in [0.05, 0.1) is 0 Å². The largest absolute Gasteiger partial charge is 0.508 e. The van der Waals surface area contributed by atoms with Crippen molar-refractivity contribution in [2.45, 2.75) is 0 Å². The molecule has 2 aromatic rings. The van der Waals surface area contributed by atoms with Crippen molar-refractivity contribution < 1.29 is 23.8 Å². The molecule has 0 atom stereocenters. The van der Waals surface area contributed by atoms with E-state index in [4.69, 9.17) is 19.3 Å². The first kappa shape index (κ1) is 12.3. The van der Waals surface area contributed by atoms with Gasteiger partial charge in [0.25, 0.3) is 0 Å². The summed E-state index contributed by atoms with van der Waals surface area (Å²) < 4.78 is 21.7. The Morgan fingerprint density at radius 1 is 0.722 bits per heavy atom. The molecule has 0 saturated carbocycles. The third kappa shape index (κ3) is 3.43. The summed E-state index contributed by atoms with van der Waals surface area (Å²) in [4.78, 5) is 0. The van der Waals surface area contributed by atoms with E-state index in [1.165, 1.54) is 48.5 Å². The Hall–Kier alpha value is -2.13. The van der Waals surface area contributed by atoms with Crippen molar-refractivity contribution in [3.63, 3.8) is 0 Å². The van der Waals surface area contributed by atoms with Crippen molar-refractivity contribution >= 4 is 8.25 Å². The molecule has 18 heavy (non-hydrogen) atoms. The molecule has 0 bridgehead atoms. The fraction of sp³-hybridized carbons (Fsp3) is 0.